The van der Waals surface area contributed by atoms with Gasteiger partial charge in [-0.2, -0.15) is 0 Å². The fraction of sp³-hybridized carbons (Fsp3) is 0.500. The highest BCUT2D eigenvalue weighted by Crippen LogP contribution is 2.17. The summed E-state index contributed by atoms with van der Waals surface area (Å²) in [6.45, 7) is 0. The molecular formula is C12H17NO8. The SMILES string of the molecule is CO/C=C/C(=O)CC(NC(=O)OC)(C(=O)OC)C(=O)OC. The van der Waals surface area contributed by atoms with Crippen LogP contribution in [-0.2, 0) is 33.3 Å². The molecule has 0 fully saturated rings. The minimum atomic E-state index is -2.34. The first-order valence-corrected chi connectivity index (χ1v) is 5.63. The van der Waals surface area contributed by atoms with Crippen molar-refractivity contribution >= 4 is 23.8 Å². The highest BCUT2D eigenvalue weighted by Gasteiger charge is 2.51. The van der Waals surface area contributed by atoms with E-state index in [9.17, 15) is 19.2 Å². The van der Waals surface area contributed by atoms with Crippen LogP contribution in [0.15, 0.2) is 12.3 Å². The van der Waals surface area contributed by atoms with E-state index in [1.807, 2.05) is 5.32 Å². The average Bonchev–Trinajstić information content (AvgIpc) is 2.49. The Labute approximate surface area is 121 Å². The number of carbonyl (C=O) groups excluding carboxylic acids is 4. The highest BCUT2D eigenvalue weighted by molar-refractivity contribution is 6.11. The summed E-state index contributed by atoms with van der Waals surface area (Å²) in [5, 5.41) is 1.98. The second-order valence-electron chi connectivity index (χ2n) is 3.69. The van der Waals surface area contributed by atoms with Crippen LogP contribution in [0.3, 0.4) is 0 Å². The number of carbonyl (C=O) groups is 4. The van der Waals surface area contributed by atoms with Gasteiger partial charge in [-0.3, -0.25) is 10.1 Å². The minimum Gasteiger partial charge on any atom is -0.504 e. The zero-order chi connectivity index (χ0) is 16.5. The van der Waals surface area contributed by atoms with Gasteiger partial charge in [-0.1, -0.05) is 0 Å². The van der Waals surface area contributed by atoms with E-state index in [0.29, 0.717) is 0 Å². The van der Waals surface area contributed by atoms with Gasteiger partial charge in [-0.05, 0) is 0 Å². The van der Waals surface area contributed by atoms with Crippen molar-refractivity contribution < 1.29 is 38.1 Å². The molecule has 21 heavy (non-hydrogen) atoms. The van der Waals surface area contributed by atoms with Gasteiger partial charge in [-0.25, -0.2) is 14.4 Å². The van der Waals surface area contributed by atoms with Crippen LogP contribution in [0.4, 0.5) is 4.79 Å². The third-order valence-electron chi connectivity index (χ3n) is 2.40. The minimum absolute atomic E-state index is 0.677. The summed E-state index contributed by atoms with van der Waals surface area (Å²) in [5.41, 5.74) is -2.34. The third-order valence-corrected chi connectivity index (χ3v) is 2.40. The van der Waals surface area contributed by atoms with Crippen LogP contribution in [0.5, 0.6) is 0 Å². The van der Waals surface area contributed by atoms with E-state index in [2.05, 4.69) is 18.9 Å². The predicted octanol–water partition coefficient (Wildman–Crippen LogP) is -0.453. The van der Waals surface area contributed by atoms with Crippen molar-refractivity contribution in [1.29, 1.82) is 0 Å². The molecule has 118 valence electrons. The Morgan fingerprint density at radius 2 is 1.48 bits per heavy atom. The summed E-state index contributed by atoms with van der Waals surface area (Å²) in [5.74, 6) is -3.01. The molecule has 0 spiro atoms. The summed E-state index contributed by atoms with van der Waals surface area (Å²) in [6, 6.07) is 0. The molecule has 0 rings (SSSR count). The molecule has 0 unspecified atom stereocenters. The van der Waals surface area contributed by atoms with Gasteiger partial charge in [0, 0.05) is 6.08 Å². The fourth-order valence-corrected chi connectivity index (χ4v) is 1.41. The van der Waals surface area contributed by atoms with E-state index < -0.39 is 35.8 Å². The number of hydrogen-bond acceptors (Lipinski definition) is 8. The normalized spacial score (nSPS) is 10.7. The van der Waals surface area contributed by atoms with Crippen LogP contribution in [0.1, 0.15) is 6.42 Å². The van der Waals surface area contributed by atoms with E-state index in [-0.39, 0.29) is 0 Å². The highest BCUT2D eigenvalue weighted by atomic mass is 16.6. The van der Waals surface area contributed by atoms with Gasteiger partial charge in [0.2, 0.25) is 5.54 Å². The predicted molar refractivity (Wildman–Crippen MR) is 68.1 cm³/mol. The van der Waals surface area contributed by atoms with Gasteiger partial charge in [0.25, 0.3) is 0 Å². The molecule has 0 saturated carbocycles. The van der Waals surface area contributed by atoms with E-state index in [4.69, 9.17) is 0 Å². The maximum atomic E-state index is 11.9. The van der Waals surface area contributed by atoms with Crippen molar-refractivity contribution in [2.75, 3.05) is 28.4 Å². The Hall–Kier alpha value is -2.58. The molecular weight excluding hydrogens is 286 g/mol. The van der Waals surface area contributed by atoms with Gasteiger partial charge < -0.3 is 18.9 Å². The molecule has 0 aromatic rings. The standard InChI is InChI=1S/C12H17NO8/c1-18-6-5-8(14)7-12(9(15)19-2,10(16)20-3)13-11(17)21-4/h5-6H,7H2,1-4H3,(H,13,17)/b6-5+. The van der Waals surface area contributed by atoms with Crippen molar-refractivity contribution in [2.24, 2.45) is 0 Å². The van der Waals surface area contributed by atoms with Crippen molar-refractivity contribution in [3.8, 4) is 0 Å². The van der Waals surface area contributed by atoms with Crippen LogP contribution in [0.25, 0.3) is 0 Å². The molecule has 0 aliphatic carbocycles. The fourth-order valence-electron chi connectivity index (χ4n) is 1.41. The Morgan fingerprint density at radius 3 is 1.86 bits per heavy atom. The lowest BCUT2D eigenvalue weighted by Crippen LogP contribution is -2.62. The maximum absolute atomic E-state index is 11.9. The maximum Gasteiger partial charge on any atom is 0.408 e. The van der Waals surface area contributed by atoms with Crippen LogP contribution >= 0.6 is 0 Å². The summed E-state index contributed by atoms with van der Waals surface area (Å²) >= 11 is 0. The lowest BCUT2D eigenvalue weighted by atomic mass is 9.92. The van der Waals surface area contributed by atoms with Crippen LogP contribution < -0.4 is 5.32 Å². The van der Waals surface area contributed by atoms with Crippen LogP contribution in [0, 0.1) is 0 Å². The van der Waals surface area contributed by atoms with Crippen LogP contribution in [0.2, 0.25) is 0 Å². The molecule has 9 heteroatoms. The number of methoxy groups -OCH3 is 4. The Bertz CT molecular complexity index is 427. The Kier molecular flexibility index (Phi) is 7.51. The molecule has 1 N–H and O–H groups in total. The Balaban J connectivity index is 5.61. The number of rotatable bonds is 7. The van der Waals surface area contributed by atoms with E-state index in [1.54, 1.807) is 0 Å². The molecule has 9 nitrogen and oxygen atoms in total. The molecule has 0 aromatic carbocycles. The summed E-state index contributed by atoms with van der Waals surface area (Å²) in [6.07, 6.45) is 0.218. The third kappa shape index (κ3) is 4.79. The van der Waals surface area contributed by atoms with Crippen LogP contribution in [-0.4, -0.2) is 57.8 Å². The molecule has 0 atom stereocenters. The quantitative estimate of drug-likeness (QED) is 0.221. The first kappa shape index (κ1) is 18.4. The summed E-state index contributed by atoms with van der Waals surface area (Å²) in [4.78, 5) is 46.9. The average molecular weight is 303 g/mol. The monoisotopic (exact) mass is 303 g/mol. The van der Waals surface area contributed by atoms with E-state index in [0.717, 1.165) is 33.7 Å². The molecule has 1 amide bonds. The van der Waals surface area contributed by atoms with Crippen molar-refractivity contribution in [1.82, 2.24) is 5.32 Å². The molecule has 0 aliphatic rings. The first-order chi connectivity index (χ1) is 9.87. The summed E-state index contributed by atoms with van der Waals surface area (Å²) in [7, 11) is 4.33. The zero-order valence-electron chi connectivity index (χ0n) is 12.1. The number of alkyl carbamates (subject to hydrolysis) is 1. The first-order valence-electron chi connectivity index (χ1n) is 5.63. The van der Waals surface area contributed by atoms with E-state index >= 15 is 0 Å². The lowest BCUT2D eigenvalue weighted by Gasteiger charge is -2.27. The summed E-state index contributed by atoms with van der Waals surface area (Å²) < 4.78 is 17.8. The molecule has 0 radical (unpaired) electrons. The Morgan fingerprint density at radius 1 is 0.952 bits per heavy atom. The number of hydrogen-bond donors (Lipinski definition) is 1. The molecule has 0 heterocycles. The largest absolute Gasteiger partial charge is 0.504 e. The second kappa shape index (κ2) is 8.56. The smallest absolute Gasteiger partial charge is 0.408 e. The van der Waals surface area contributed by atoms with Gasteiger partial charge >= 0.3 is 18.0 Å². The number of esters is 2. The number of nitrogens with one attached hydrogen (secondary N) is 1. The van der Waals surface area contributed by atoms with E-state index in [1.165, 1.54) is 7.11 Å². The second-order valence-corrected chi connectivity index (χ2v) is 3.69. The number of ether oxygens (including phenoxy) is 4. The van der Waals surface area contributed by atoms with Crippen molar-refractivity contribution in [3.63, 3.8) is 0 Å². The molecule has 0 saturated heterocycles. The van der Waals surface area contributed by atoms with Crippen molar-refractivity contribution in [3.05, 3.63) is 12.3 Å². The number of allylic oxidation sites excluding steroid dienone is 1. The topological polar surface area (TPSA) is 117 Å². The number of amides is 1. The van der Waals surface area contributed by atoms with Gasteiger partial charge in [0.15, 0.2) is 5.78 Å². The van der Waals surface area contributed by atoms with Crippen molar-refractivity contribution in [2.45, 2.75) is 12.0 Å². The van der Waals surface area contributed by atoms with Gasteiger partial charge in [0.1, 0.15) is 0 Å². The van der Waals surface area contributed by atoms with Gasteiger partial charge in [-0.15, -0.1) is 0 Å². The number of ketones is 1. The molecule has 0 aromatic heterocycles. The van der Waals surface area contributed by atoms with Gasteiger partial charge in [0.05, 0.1) is 41.1 Å². The molecule has 0 bridgehead atoms. The zero-order valence-corrected chi connectivity index (χ0v) is 12.1. The molecule has 0 aliphatic heterocycles. The lowest BCUT2D eigenvalue weighted by molar-refractivity contribution is -0.164.